The van der Waals surface area contributed by atoms with Crippen molar-refractivity contribution in [1.29, 1.82) is 0 Å². The second kappa shape index (κ2) is 4.75. The lowest BCUT2D eigenvalue weighted by molar-refractivity contribution is 0.463. The Bertz CT molecular complexity index is 332. The maximum absolute atomic E-state index is 6.12. The lowest BCUT2D eigenvalue weighted by Crippen LogP contribution is -2.22. The van der Waals surface area contributed by atoms with Crippen LogP contribution in [-0.4, -0.2) is 6.04 Å². The minimum absolute atomic E-state index is 0.568. The summed E-state index contributed by atoms with van der Waals surface area (Å²) in [6.45, 7) is 0. The predicted molar refractivity (Wildman–Crippen MR) is 66.4 cm³/mol. The van der Waals surface area contributed by atoms with Gasteiger partial charge in [0.05, 0.1) is 16.4 Å². The second-order valence-corrected chi connectivity index (χ2v) is 4.57. The Morgan fingerprint density at radius 2 is 1.93 bits per heavy atom. The second-order valence-electron chi connectivity index (χ2n) is 4.19. The van der Waals surface area contributed by atoms with Crippen LogP contribution in [0.2, 0.25) is 5.02 Å². The molecule has 1 aromatic carbocycles. The molecule has 0 aromatic heterocycles. The van der Waals surface area contributed by atoms with E-state index in [1.807, 2.05) is 18.2 Å². The molecule has 3 heteroatoms. The summed E-state index contributed by atoms with van der Waals surface area (Å²) in [5.74, 6) is 0. The van der Waals surface area contributed by atoms with E-state index in [0.717, 1.165) is 5.69 Å². The Morgan fingerprint density at radius 1 is 1.20 bits per heavy atom. The molecule has 0 atom stereocenters. The third-order valence-electron chi connectivity index (χ3n) is 2.99. The van der Waals surface area contributed by atoms with Crippen LogP contribution in [0.5, 0.6) is 0 Å². The number of nitrogens with one attached hydrogen (secondary N) is 1. The number of hydrogen-bond acceptors (Lipinski definition) is 2. The molecule has 0 radical (unpaired) electrons. The standard InChI is InChI=1S/C12H17ClN2/c13-12-10(14)7-4-8-11(12)15-9-5-2-1-3-6-9/h4,7-9,15H,1-3,5-6,14H2. The first-order valence-corrected chi connectivity index (χ1v) is 5.95. The molecule has 1 aliphatic rings. The van der Waals surface area contributed by atoms with Crippen molar-refractivity contribution in [3.8, 4) is 0 Å². The SMILES string of the molecule is Nc1cccc(NC2CCCCC2)c1Cl. The zero-order valence-electron chi connectivity index (χ0n) is 8.80. The molecular weight excluding hydrogens is 208 g/mol. The smallest absolute Gasteiger partial charge is 0.0866 e. The zero-order chi connectivity index (χ0) is 10.7. The summed E-state index contributed by atoms with van der Waals surface area (Å²) in [5, 5.41) is 4.13. The van der Waals surface area contributed by atoms with Crippen molar-refractivity contribution in [1.82, 2.24) is 0 Å². The van der Waals surface area contributed by atoms with Crippen molar-refractivity contribution >= 4 is 23.0 Å². The van der Waals surface area contributed by atoms with Crippen molar-refractivity contribution in [2.75, 3.05) is 11.1 Å². The molecule has 0 spiro atoms. The topological polar surface area (TPSA) is 38.0 Å². The Morgan fingerprint density at radius 3 is 2.67 bits per heavy atom. The minimum atomic E-state index is 0.568. The number of benzene rings is 1. The fourth-order valence-corrected chi connectivity index (χ4v) is 2.31. The Labute approximate surface area is 95.8 Å². The van der Waals surface area contributed by atoms with Crippen molar-refractivity contribution in [3.63, 3.8) is 0 Å². The molecular formula is C12H17ClN2. The lowest BCUT2D eigenvalue weighted by Gasteiger charge is -2.24. The molecule has 0 amide bonds. The van der Waals surface area contributed by atoms with Crippen LogP contribution in [0.25, 0.3) is 0 Å². The number of anilines is 2. The highest BCUT2D eigenvalue weighted by molar-refractivity contribution is 6.35. The molecule has 82 valence electrons. The van der Waals surface area contributed by atoms with Gasteiger partial charge in [0.1, 0.15) is 0 Å². The van der Waals surface area contributed by atoms with Gasteiger partial charge in [-0.25, -0.2) is 0 Å². The zero-order valence-corrected chi connectivity index (χ0v) is 9.56. The molecule has 0 aliphatic heterocycles. The molecule has 0 heterocycles. The van der Waals surface area contributed by atoms with E-state index in [-0.39, 0.29) is 0 Å². The highest BCUT2D eigenvalue weighted by Crippen LogP contribution is 2.30. The molecule has 0 saturated heterocycles. The van der Waals surface area contributed by atoms with Crippen LogP contribution >= 0.6 is 11.6 Å². The van der Waals surface area contributed by atoms with E-state index < -0.39 is 0 Å². The van der Waals surface area contributed by atoms with Crippen LogP contribution in [0.1, 0.15) is 32.1 Å². The molecule has 2 nitrogen and oxygen atoms in total. The Kier molecular flexibility index (Phi) is 3.37. The molecule has 0 bridgehead atoms. The van der Waals surface area contributed by atoms with Gasteiger partial charge in [0.2, 0.25) is 0 Å². The van der Waals surface area contributed by atoms with Gasteiger partial charge in [0.15, 0.2) is 0 Å². The third kappa shape index (κ3) is 2.57. The molecule has 2 rings (SSSR count). The van der Waals surface area contributed by atoms with E-state index in [0.29, 0.717) is 16.8 Å². The first-order valence-electron chi connectivity index (χ1n) is 5.58. The van der Waals surface area contributed by atoms with Crippen molar-refractivity contribution in [2.24, 2.45) is 0 Å². The van der Waals surface area contributed by atoms with Gasteiger partial charge >= 0.3 is 0 Å². The quantitative estimate of drug-likeness (QED) is 0.753. The van der Waals surface area contributed by atoms with Crippen LogP contribution in [-0.2, 0) is 0 Å². The molecule has 1 aromatic rings. The highest BCUT2D eigenvalue weighted by atomic mass is 35.5. The van der Waals surface area contributed by atoms with Crippen molar-refractivity contribution in [2.45, 2.75) is 38.1 Å². The molecule has 3 N–H and O–H groups in total. The van der Waals surface area contributed by atoms with Gasteiger partial charge in [0, 0.05) is 6.04 Å². The van der Waals surface area contributed by atoms with Crippen LogP contribution in [0.15, 0.2) is 18.2 Å². The Balaban J connectivity index is 2.06. The van der Waals surface area contributed by atoms with E-state index >= 15 is 0 Å². The summed E-state index contributed by atoms with van der Waals surface area (Å²) >= 11 is 6.12. The van der Waals surface area contributed by atoms with Crippen molar-refractivity contribution in [3.05, 3.63) is 23.2 Å². The van der Waals surface area contributed by atoms with E-state index in [2.05, 4.69) is 5.32 Å². The van der Waals surface area contributed by atoms with Gasteiger partial charge < -0.3 is 11.1 Å². The van der Waals surface area contributed by atoms with Crippen LogP contribution in [0.3, 0.4) is 0 Å². The summed E-state index contributed by atoms with van der Waals surface area (Å²) in [6, 6.07) is 6.33. The van der Waals surface area contributed by atoms with Gasteiger partial charge in [-0.1, -0.05) is 36.9 Å². The van der Waals surface area contributed by atoms with Gasteiger partial charge in [-0.05, 0) is 25.0 Å². The van der Waals surface area contributed by atoms with E-state index in [1.165, 1.54) is 32.1 Å². The number of halogens is 1. The largest absolute Gasteiger partial charge is 0.397 e. The summed E-state index contributed by atoms with van der Waals surface area (Å²) < 4.78 is 0. The summed E-state index contributed by atoms with van der Waals surface area (Å²) in [6.07, 6.45) is 6.48. The third-order valence-corrected chi connectivity index (χ3v) is 3.42. The first-order chi connectivity index (χ1) is 7.27. The number of nitrogens with two attached hydrogens (primary N) is 1. The van der Waals surface area contributed by atoms with Crippen molar-refractivity contribution < 1.29 is 0 Å². The van der Waals surface area contributed by atoms with Gasteiger partial charge in [-0.15, -0.1) is 0 Å². The average Bonchev–Trinajstić information content (AvgIpc) is 2.26. The Hall–Kier alpha value is -0.890. The van der Waals surface area contributed by atoms with E-state index in [1.54, 1.807) is 0 Å². The monoisotopic (exact) mass is 224 g/mol. The van der Waals surface area contributed by atoms with Crippen LogP contribution in [0, 0.1) is 0 Å². The number of nitrogen functional groups attached to an aromatic ring is 1. The molecule has 1 saturated carbocycles. The van der Waals surface area contributed by atoms with Gasteiger partial charge in [-0.3, -0.25) is 0 Å². The normalized spacial score (nSPS) is 17.7. The van der Waals surface area contributed by atoms with E-state index in [9.17, 15) is 0 Å². The molecule has 1 aliphatic carbocycles. The highest BCUT2D eigenvalue weighted by Gasteiger charge is 2.14. The molecule has 1 fully saturated rings. The number of rotatable bonds is 2. The fourth-order valence-electron chi connectivity index (χ4n) is 2.13. The fraction of sp³-hybridized carbons (Fsp3) is 0.500. The average molecular weight is 225 g/mol. The maximum Gasteiger partial charge on any atom is 0.0866 e. The molecule has 0 unspecified atom stereocenters. The first kappa shape index (κ1) is 10.6. The molecule has 15 heavy (non-hydrogen) atoms. The van der Waals surface area contributed by atoms with Crippen LogP contribution in [0.4, 0.5) is 11.4 Å². The van der Waals surface area contributed by atoms with E-state index in [4.69, 9.17) is 17.3 Å². The van der Waals surface area contributed by atoms with Gasteiger partial charge in [0.25, 0.3) is 0 Å². The lowest BCUT2D eigenvalue weighted by atomic mass is 9.95. The van der Waals surface area contributed by atoms with Gasteiger partial charge in [-0.2, -0.15) is 0 Å². The maximum atomic E-state index is 6.12. The minimum Gasteiger partial charge on any atom is -0.397 e. The summed E-state index contributed by atoms with van der Waals surface area (Å²) in [4.78, 5) is 0. The number of hydrogen-bond donors (Lipinski definition) is 2. The predicted octanol–water partition coefficient (Wildman–Crippen LogP) is 3.67. The van der Waals surface area contributed by atoms with Crippen LogP contribution < -0.4 is 11.1 Å². The summed E-state index contributed by atoms with van der Waals surface area (Å²) in [7, 11) is 0. The summed E-state index contributed by atoms with van der Waals surface area (Å²) in [5.41, 5.74) is 7.38.